The highest BCUT2D eigenvalue weighted by molar-refractivity contribution is 5.85. The van der Waals surface area contributed by atoms with Crippen molar-refractivity contribution in [1.82, 2.24) is 10.2 Å². The number of ether oxygens (including phenoxy) is 2. The van der Waals surface area contributed by atoms with Gasteiger partial charge in [-0.1, -0.05) is 41.0 Å². The number of nitrogens with one attached hydrogen (secondary N) is 1. The van der Waals surface area contributed by atoms with Gasteiger partial charge in [-0.3, -0.25) is 19.2 Å². The Morgan fingerprint density at radius 1 is 0.846 bits per heavy atom. The predicted octanol–water partition coefficient (Wildman–Crippen LogP) is 5.67. The van der Waals surface area contributed by atoms with Crippen LogP contribution in [0.5, 0.6) is 0 Å². The Bertz CT molecular complexity index is 875. The zero-order valence-corrected chi connectivity index (χ0v) is 26.7. The topological polar surface area (TPSA) is 102 Å². The first kappa shape index (κ1) is 34.9. The summed E-state index contributed by atoms with van der Waals surface area (Å²) >= 11 is 0. The van der Waals surface area contributed by atoms with E-state index >= 15 is 0 Å². The van der Waals surface area contributed by atoms with Crippen LogP contribution in [0.3, 0.4) is 0 Å². The van der Waals surface area contributed by atoms with Gasteiger partial charge in [-0.2, -0.15) is 0 Å². The molecule has 39 heavy (non-hydrogen) atoms. The van der Waals surface area contributed by atoms with Crippen molar-refractivity contribution in [2.75, 3.05) is 26.7 Å². The third kappa shape index (κ3) is 10.8. The number of amides is 2. The van der Waals surface area contributed by atoms with E-state index in [1.807, 2.05) is 27.7 Å². The molecule has 1 fully saturated rings. The third-order valence-corrected chi connectivity index (χ3v) is 7.80. The van der Waals surface area contributed by atoms with Crippen LogP contribution in [0, 0.1) is 21.7 Å². The first-order valence-corrected chi connectivity index (χ1v) is 14.6. The van der Waals surface area contributed by atoms with Gasteiger partial charge in [0.2, 0.25) is 11.8 Å². The number of esters is 2. The van der Waals surface area contributed by atoms with Gasteiger partial charge >= 0.3 is 11.9 Å². The number of hydrogen-bond donors (Lipinski definition) is 1. The van der Waals surface area contributed by atoms with Crippen LogP contribution in [-0.4, -0.2) is 61.0 Å². The largest absolute Gasteiger partial charge is 0.463 e. The number of rotatable bonds is 13. The Kier molecular flexibility index (Phi) is 12.1. The van der Waals surface area contributed by atoms with Gasteiger partial charge < -0.3 is 19.7 Å². The van der Waals surface area contributed by atoms with E-state index in [4.69, 9.17) is 9.47 Å². The molecule has 0 aromatic carbocycles. The zero-order valence-electron chi connectivity index (χ0n) is 26.7. The molecule has 0 spiro atoms. The summed E-state index contributed by atoms with van der Waals surface area (Å²) in [5.41, 5.74) is -3.63. The van der Waals surface area contributed by atoms with Gasteiger partial charge in [0.25, 0.3) is 0 Å². The number of nitrogens with zero attached hydrogens (tertiary/aromatic N) is 1. The molecule has 0 radical (unpaired) electrons. The molecule has 0 bridgehead atoms. The smallest absolute Gasteiger partial charge is 0.312 e. The van der Waals surface area contributed by atoms with Crippen molar-refractivity contribution < 1.29 is 28.7 Å². The lowest BCUT2D eigenvalue weighted by atomic mass is 9.64. The molecule has 0 aromatic rings. The van der Waals surface area contributed by atoms with Crippen LogP contribution in [0.25, 0.3) is 0 Å². The highest BCUT2D eigenvalue weighted by atomic mass is 16.6. The average molecular weight is 553 g/mol. The molecule has 1 rings (SSSR count). The van der Waals surface area contributed by atoms with Crippen LogP contribution in [0.15, 0.2) is 0 Å². The first-order valence-electron chi connectivity index (χ1n) is 14.6. The fourth-order valence-electron chi connectivity index (χ4n) is 6.18. The summed E-state index contributed by atoms with van der Waals surface area (Å²) in [7, 11) is 1.57. The molecule has 2 amide bonds. The lowest BCUT2D eigenvalue weighted by molar-refractivity contribution is -0.174. The Hall–Kier alpha value is -2.12. The summed E-state index contributed by atoms with van der Waals surface area (Å²) < 4.78 is 11.7. The van der Waals surface area contributed by atoms with Crippen molar-refractivity contribution in [3.8, 4) is 0 Å². The molecule has 1 aliphatic rings. The average Bonchev–Trinajstić information content (AvgIpc) is 2.99. The predicted molar refractivity (Wildman–Crippen MR) is 154 cm³/mol. The van der Waals surface area contributed by atoms with Crippen LogP contribution in [0.2, 0.25) is 0 Å². The third-order valence-electron chi connectivity index (χ3n) is 7.80. The lowest BCUT2D eigenvalue weighted by Crippen LogP contribution is -2.48. The second-order valence-electron chi connectivity index (χ2n) is 14.5. The van der Waals surface area contributed by atoms with Crippen molar-refractivity contribution in [3.05, 3.63) is 0 Å². The lowest BCUT2D eigenvalue weighted by Gasteiger charge is -2.41. The summed E-state index contributed by atoms with van der Waals surface area (Å²) in [6.07, 6.45) is 5.02. The minimum Gasteiger partial charge on any atom is -0.463 e. The van der Waals surface area contributed by atoms with Crippen molar-refractivity contribution in [2.24, 2.45) is 21.7 Å². The summed E-state index contributed by atoms with van der Waals surface area (Å²) in [5.74, 6) is -0.893. The minimum atomic E-state index is -1.03. The Morgan fingerprint density at radius 3 is 2.00 bits per heavy atom. The number of carbonyl (C=O) groups is 4. The molecule has 0 aromatic heterocycles. The summed E-state index contributed by atoms with van der Waals surface area (Å²) in [5, 5.41) is 2.74. The van der Waals surface area contributed by atoms with Crippen LogP contribution >= 0.6 is 0 Å². The molecule has 1 N–H and O–H groups in total. The van der Waals surface area contributed by atoms with E-state index in [0.717, 1.165) is 19.3 Å². The van der Waals surface area contributed by atoms with E-state index in [2.05, 4.69) is 26.1 Å². The summed E-state index contributed by atoms with van der Waals surface area (Å²) in [6.45, 7) is 20.4. The summed E-state index contributed by atoms with van der Waals surface area (Å²) in [4.78, 5) is 54.0. The first-order chi connectivity index (χ1) is 17.7. The Morgan fingerprint density at radius 2 is 1.46 bits per heavy atom. The Labute approximate surface area is 237 Å². The number of carbonyl (C=O) groups excluding carboxylic acids is 4. The van der Waals surface area contributed by atoms with Crippen molar-refractivity contribution in [3.63, 3.8) is 0 Å². The molecule has 0 saturated carbocycles. The van der Waals surface area contributed by atoms with E-state index in [1.54, 1.807) is 32.7 Å². The van der Waals surface area contributed by atoms with Crippen LogP contribution in [-0.2, 0) is 28.7 Å². The second-order valence-corrected chi connectivity index (χ2v) is 14.5. The highest BCUT2D eigenvalue weighted by Crippen LogP contribution is 2.46. The molecule has 1 saturated heterocycles. The molecular weight excluding hydrogens is 496 g/mol. The highest BCUT2D eigenvalue weighted by Gasteiger charge is 2.49. The Balaban J connectivity index is 3.02. The maximum absolute atomic E-state index is 13.6. The van der Waals surface area contributed by atoms with Gasteiger partial charge in [-0.25, -0.2) is 0 Å². The van der Waals surface area contributed by atoms with Crippen molar-refractivity contribution in [1.29, 1.82) is 0 Å². The molecule has 2 unspecified atom stereocenters. The van der Waals surface area contributed by atoms with E-state index in [-0.39, 0.29) is 42.6 Å². The normalized spacial score (nSPS) is 18.4. The fraction of sp³-hybridized carbons (Fsp3) is 0.871. The maximum atomic E-state index is 13.6. The zero-order chi connectivity index (χ0) is 30.3. The number of hydrogen-bond acceptors (Lipinski definition) is 6. The van der Waals surface area contributed by atoms with E-state index in [1.165, 1.54) is 0 Å². The molecule has 0 aliphatic carbocycles. The second kappa shape index (κ2) is 13.5. The van der Waals surface area contributed by atoms with E-state index in [0.29, 0.717) is 32.4 Å². The van der Waals surface area contributed by atoms with Crippen molar-refractivity contribution >= 4 is 23.8 Å². The van der Waals surface area contributed by atoms with Crippen molar-refractivity contribution in [2.45, 2.75) is 126 Å². The fourth-order valence-corrected chi connectivity index (χ4v) is 6.18. The summed E-state index contributed by atoms with van der Waals surface area (Å²) in [6, 6.07) is 0. The van der Waals surface area contributed by atoms with Crippen LogP contribution in [0.4, 0.5) is 0 Å². The van der Waals surface area contributed by atoms with Gasteiger partial charge in [0, 0.05) is 25.4 Å². The van der Waals surface area contributed by atoms with E-state index in [9.17, 15) is 19.2 Å². The van der Waals surface area contributed by atoms with Gasteiger partial charge in [0.05, 0.1) is 17.4 Å². The van der Waals surface area contributed by atoms with Gasteiger partial charge in [-0.15, -0.1) is 0 Å². The molecule has 2 atom stereocenters. The quantitative estimate of drug-likeness (QED) is 0.296. The van der Waals surface area contributed by atoms with Crippen LogP contribution in [0.1, 0.15) is 121 Å². The maximum Gasteiger partial charge on any atom is 0.312 e. The monoisotopic (exact) mass is 552 g/mol. The molecule has 1 aliphatic heterocycles. The van der Waals surface area contributed by atoms with Gasteiger partial charge in [0.15, 0.2) is 0 Å². The SMILES string of the molecule is CCC(C)(CC(C)(CC(C)(C)C(=O)OCCN1CCCCCC1=O)C(=O)NC)C(=O)OC(C)(C)CC(C)(C)C. The minimum absolute atomic E-state index is 0.0199. The molecular formula is C31H56N2O6. The van der Waals surface area contributed by atoms with Gasteiger partial charge in [-0.05, 0) is 78.6 Å². The molecule has 8 heteroatoms. The molecule has 226 valence electrons. The van der Waals surface area contributed by atoms with E-state index < -0.39 is 27.8 Å². The number of likely N-dealkylation sites (tertiary alicyclic amines) is 1. The standard InChI is InChI=1S/C31H56N2O6/c1-12-30(9,26(37)39-29(7,8)20-27(2,3)4)22-31(10,24(35)32-11)21-28(5,6)25(36)38-19-18-33-17-15-13-14-16-23(33)34/h12-22H2,1-11H3,(H,32,35). The molecule has 8 nitrogen and oxygen atoms in total. The van der Waals surface area contributed by atoms with Crippen LogP contribution < -0.4 is 5.32 Å². The van der Waals surface area contributed by atoms with Gasteiger partial charge in [0.1, 0.15) is 12.2 Å². The molecule has 1 heterocycles.